The molecule has 3 rings (SSSR count). The molecule has 1 heterocycles. The van der Waals surface area contributed by atoms with E-state index in [0.717, 1.165) is 10.9 Å². The first-order valence-electron chi connectivity index (χ1n) is 6.22. The van der Waals surface area contributed by atoms with Crippen LogP contribution in [0.25, 0.3) is 10.9 Å². The van der Waals surface area contributed by atoms with Crippen molar-refractivity contribution in [3.63, 3.8) is 0 Å². The third kappa shape index (κ3) is 2.47. The van der Waals surface area contributed by atoms with Gasteiger partial charge in [-0.2, -0.15) is 5.10 Å². The van der Waals surface area contributed by atoms with Gasteiger partial charge in [0.15, 0.2) is 0 Å². The minimum Gasteiger partial charge on any atom is -0.508 e. The Bertz CT molecular complexity index is 764. The fraction of sp³-hybridized carbons (Fsp3) is 0.0667. The van der Waals surface area contributed by atoms with Gasteiger partial charge in [-0.05, 0) is 24.3 Å². The zero-order chi connectivity index (χ0) is 13.9. The lowest BCUT2D eigenvalue weighted by atomic mass is 10.1. The maximum absolute atomic E-state index is 12.0. The molecule has 20 heavy (non-hydrogen) atoms. The van der Waals surface area contributed by atoms with Gasteiger partial charge in [0.25, 0.3) is 0 Å². The van der Waals surface area contributed by atoms with E-state index in [4.69, 9.17) is 0 Å². The van der Waals surface area contributed by atoms with Crippen LogP contribution in [0.5, 0.6) is 5.75 Å². The van der Waals surface area contributed by atoms with Crippen LogP contribution in [0.3, 0.4) is 0 Å². The van der Waals surface area contributed by atoms with Crippen molar-refractivity contribution < 1.29 is 9.90 Å². The lowest BCUT2D eigenvalue weighted by Gasteiger charge is -2.06. The number of para-hydroxylation sites is 1. The van der Waals surface area contributed by atoms with Gasteiger partial charge >= 0.3 is 0 Å². The fourth-order valence-corrected chi connectivity index (χ4v) is 2.06. The second-order valence-corrected chi connectivity index (χ2v) is 4.53. The average molecular weight is 267 g/mol. The van der Waals surface area contributed by atoms with Gasteiger partial charge in [0, 0.05) is 16.6 Å². The Hall–Kier alpha value is -2.82. The van der Waals surface area contributed by atoms with Crippen molar-refractivity contribution in [2.24, 2.45) is 0 Å². The second-order valence-electron chi connectivity index (χ2n) is 4.53. The van der Waals surface area contributed by atoms with Gasteiger partial charge in [-0.1, -0.05) is 18.2 Å². The highest BCUT2D eigenvalue weighted by Gasteiger charge is 2.08. The van der Waals surface area contributed by atoms with Crippen molar-refractivity contribution in [1.82, 2.24) is 10.2 Å². The molecule has 3 aromatic rings. The number of aromatic amines is 1. The molecule has 3 N–H and O–H groups in total. The summed E-state index contributed by atoms with van der Waals surface area (Å²) >= 11 is 0. The Morgan fingerprint density at radius 1 is 1.25 bits per heavy atom. The molecule has 100 valence electrons. The molecule has 0 aliphatic rings. The quantitative estimate of drug-likeness (QED) is 0.682. The lowest BCUT2D eigenvalue weighted by Crippen LogP contribution is -2.14. The van der Waals surface area contributed by atoms with E-state index < -0.39 is 0 Å². The van der Waals surface area contributed by atoms with Crippen LogP contribution in [0, 0.1) is 0 Å². The highest BCUT2D eigenvalue weighted by atomic mass is 16.3. The Balaban J connectivity index is 1.74. The molecule has 0 radical (unpaired) electrons. The number of benzene rings is 2. The number of anilines is 1. The number of phenols is 1. The van der Waals surface area contributed by atoms with Gasteiger partial charge in [0.05, 0.1) is 18.1 Å². The highest BCUT2D eigenvalue weighted by molar-refractivity contribution is 5.94. The number of phenolic OH excluding ortho intramolecular Hbond substituents is 1. The topological polar surface area (TPSA) is 78.0 Å². The van der Waals surface area contributed by atoms with Crippen LogP contribution < -0.4 is 5.32 Å². The zero-order valence-corrected chi connectivity index (χ0v) is 10.6. The Morgan fingerprint density at radius 2 is 2.10 bits per heavy atom. The summed E-state index contributed by atoms with van der Waals surface area (Å²) in [6.07, 6.45) is 1.84. The number of fused-ring (bicyclic) bond motifs is 1. The number of H-pyrrole nitrogens is 1. The van der Waals surface area contributed by atoms with Gasteiger partial charge in [-0.3, -0.25) is 9.89 Å². The molecule has 0 aliphatic carbocycles. The Morgan fingerprint density at radius 3 is 2.95 bits per heavy atom. The van der Waals surface area contributed by atoms with Gasteiger partial charge in [-0.15, -0.1) is 0 Å². The standard InChI is InChI=1S/C15H13N3O2/c19-14-4-2-1-3-10(14)8-15(20)17-12-5-6-13-11(7-12)9-16-18-13/h1-7,9,19H,8H2,(H,16,18)(H,17,20). The van der Waals surface area contributed by atoms with Crippen LogP contribution in [0.1, 0.15) is 5.56 Å². The summed E-state index contributed by atoms with van der Waals surface area (Å²) in [6.45, 7) is 0. The fourth-order valence-electron chi connectivity index (χ4n) is 2.06. The monoisotopic (exact) mass is 267 g/mol. The van der Waals surface area contributed by atoms with E-state index in [-0.39, 0.29) is 18.1 Å². The normalized spacial score (nSPS) is 10.6. The number of amides is 1. The summed E-state index contributed by atoms with van der Waals surface area (Å²) in [5.74, 6) is -0.0396. The summed E-state index contributed by atoms with van der Waals surface area (Å²) in [5, 5.41) is 20.2. The first kappa shape index (κ1) is 12.2. The molecule has 5 heteroatoms. The zero-order valence-electron chi connectivity index (χ0n) is 10.6. The number of carbonyl (C=O) groups is 1. The minimum atomic E-state index is -0.172. The molecule has 0 aliphatic heterocycles. The second kappa shape index (κ2) is 5.05. The summed E-state index contributed by atoms with van der Waals surface area (Å²) in [5.41, 5.74) is 2.23. The number of carbonyl (C=O) groups excluding carboxylic acids is 1. The van der Waals surface area contributed by atoms with Gasteiger partial charge in [0.1, 0.15) is 5.75 Å². The SMILES string of the molecule is O=C(Cc1ccccc1O)Nc1ccc2[nH]ncc2c1. The third-order valence-corrected chi connectivity index (χ3v) is 3.07. The van der Waals surface area contributed by atoms with E-state index in [1.54, 1.807) is 30.5 Å². The molecule has 1 aromatic heterocycles. The number of nitrogens with zero attached hydrogens (tertiary/aromatic N) is 1. The molecule has 2 aromatic carbocycles. The predicted molar refractivity (Wildman–Crippen MR) is 76.5 cm³/mol. The largest absolute Gasteiger partial charge is 0.508 e. The van der Waals surface area contributed by atoms with Crippen molar-refractivity contribution >= 4 is 22.5 Å². The molecule has 5 nitrogen and oxygen atoms in total. The van der Waals surface area contributed by atoms with Crippen molar-refractivity contribution in [3.05, 3.63) is 54.2 Å². The molecule has 0 spiro atoms. The van der Waals surface area contributed by atoms with Gasteiger partial charge in [-0.25, -0.2) is 0 Å². The van der Waals surface area contributed by atoms with Crippen molar-refractivity contribution in [2.75, 3.05) is 5.32 Å². The van der Waals surface area contributed by atoms with Crippen LogP contribution >= 0.6 is 0 Å². The molecule has 0 saturated carbocycles. The maximum atomic E-state index is 12.0. The van der Waals surface area contributed by atoms with E-state index in [1.807, 2.05) is 18.2 Å². The first-order chi connectivity index (χ1) is 9.72. The highest BCUT2D eigenvalue weighted by Crippen LogP contribution is 2.19. The van der Waals surface area contributed by atoms with Crippen LogP contribution in [0.15, 0.2) is 48.7 Å². The van der Waals surface area contributed by atoms with Crippen molar-refractivity contribution in [3.8, 4) is 5.75 Å². The lowest BCUT2D eigenvalue weighted by molar-refractivity contribution is -0.115. The number of aromatic nitrogens is 2. The van der Waals surface area contributed by atoms with E-state index in [2.05, 4.69) is 15.5 Å². The first-order valence-corrected chi connectivity index (χ1v) is 6.22. The molecule has 1 amide bonds. The number of hydrogen-bond acceptors (Lipinski definition) is 3. The Labute approximate surface area is 115 Å². The minimum absolute atomic E-state index is 0.132. The summed E-state index contributed by atoms with van der Waals surface area (Å²) in [4.78, 5) is 12.0. The van der Waals surface area contributed by atoms with E-state index in [0.29, 0.717) is 11.3 Å². The van der Waals surface area contributed by atoms with Crippen LogP contribution in [0.2, 0.25) is 0 Å². The summed E-state index contributed by atoms with van der Waals surface area (Å²) < 4.78 is 0. The van der Waals surface area contributed by atoms with Gasteiger partial charge < -0.3 is 10.4 Å². The van der Waals surface area contributed by atoms with E-state index in [9.17, 15) is 9.90 Å². The molecule has 0 saturated heterocycles. The van der Waals surface area contributed by atoms with Crippen molar-refractivity contribution in [1.29, 1.82) is 0 Å². The third-order valence-electron chi connectivity index (χ3n) is 3.07. The van der Waals surface area contributed by atoms with Crippen LogP contribution in [-0.4, -0.2) is 21.2 Å². The van der Waals surface area contributed by atoms with E-state index in [1.165, 1.54) is 0 Å². The number of rotatable bonds is 3. The number of nitrogens with one attached hydrogen (secondary N) is 2. The maximum Gasteiger partial charge on any atom is 0.228 e. The van der Waals surface area contributed by atoms with Crippen LogP contribution in [-0.2, 0) is 11.2 Å². The molecular weight excluding hydrogens is 254 g/mol. The molecule has 0 bridgehead atoms. The smallest absolute Gasteiger partial charge is 0.228 e. The molecule has 0 atom stereocenters. The summed E-state index contributed by atoms with van der Waals surface area (Å²) in [6, 6.07) is 12.3. The molecular formula is C15H13N3O2. The Kier molecular flexibility index (Phi) is 3.09. The summed E-state index contributed by atoms with van der Waals surface area (Å²) in [7, 11) is 0. The van der Waals surface area contributed by atoms with Crippen molar-refractivity contribution in [2.45, 2.75) is 6.42 Å². The average Bonchev–Trinajstić information content (AvgIpc) is 2.89. The van der Waals surface area contributed by atoms with Gasteiger partial charge in [0.2, 0.25) is 5.91 Å². The molecule has 0 fully saturated rings. The van der Waals surface area contributed by atoms with Crippen LogP contribution in [0.4, 0.5) is 5.69 Å². The predicted octanol–water partition coefficient (Wildman–Crippen LogP) is 2.45. The number of aromatic hydroxyl groups is 1. The molecule has 0 unspecified atom stereocenters. The number of hydrogen-bond donors (Lipinski definition) is 3. The van der Waals surface area contributed by atoms with E-state index >= 15 is 0 Å².